The molecule has 0 aromatic heterocycles. The highest BCUT2D eigenvalue weighted by molar-refractivity contribution is 6.30. The molecule has 25 heavy (non-hydrogen) atoms. The van der Waals surface area contributed by atoms with Crippen molar-refractivity contribution in [2.45, 2.75) is 26.7 Å². The highest BCUT2D eigenvalue weighted by Crippen LogP contribution is 2.34. The lowest BCUT2D eigenvalue weighted by molar-refractivity contribution is -0.125. The number of hydrogen-bond acceptors (Lipinski definition) is 5. The van der Waals surface area contributed by atoms with Gasteiger partial charge in [-0.2, -0.15) is 0 Å². The minimum absolute atomic E-state index is 0.144. The average molecular weight is 343 g/mol. The van der Waals surface area contributed by atoms with Gasteiger partial charge in [-0.15, -0.1) is 0 Å². The molecule has 0 saturated carbocycles. The predicted octanol–water partition coefficient (Wildman–Crippen LogP) is 2.48. The fraction of sp³-hybridized carbons (Fsp3) is 0.421. The van der Waals surface area contributed by atoms with Crippen molar-refractivity contribution in [3.8, 4) is 0 Å². The number of carbonyl (C=O) groups is 3. The molecule has 0 spiro atoms. The topological polar surface area (TPSA) is 72.9 Å². The Balaban J connectivity index is 1.58. The molecule has 1 fully saturated rings. The third-order valence-corrected chi connectivity index (χ3v) is 4.89. The van der Waals surface area contributed by atoms with Crippen LogP contribution in [0.2, 0.25) is 0 Å². The van der Waals surface area contributed by atoms with E-state index in [-0.39, 0.29) is 17.2 Å². The second-order valence-electron chi connectivity index (χ2n) is 6.59. The molecule has 0 bridgehead atoms. The van der Waals surface area contributed by atoms with Gasteiger partial charge in [-0.3, -0.25) is 9.59 Å². The van der Waals surface area contributed by atoms with E-state index in [0.29, 0.717) is 23.4 Å². The third-order valence-electron chi connectivity index (χ3n) is 4.89. The molecule has 6 nitrogen and oxygen atoms in total. The molecule has 3 rings (SSSR count). The second-order valence-corrected chi connectivity index (χ2v) is 6.59. The van der Waals surface area contributed by atoms with Gasteiger partial charge in [0, 0.05) is 17.1 Å². The summed E-state index contributed by atoms with van der Waals surface area (Å²) in [7, 11) is 0. The van der Waals surface area contributed by atoms with Gasteiger partial charge >= 0.3 is 5.97 Å². The number of imide groups is 1. The van der Waals surface area contributed by atoms with Crippen LogP contribution < -0.4 is 4.90 Å². The van der Waals surface area contributed by atoms with Crippen LogP contribution in [-0.2, 0) is 19.1 Å². The average Bonchev–Trinajstić information content (AvgIpc) is 2.82. The number of nitrogens with zero attached hydrogens (tertiary/aromatic N) is 1. The lowest BCUT2D eigenvalue weighted by Gasteiger charge is -2.40. The van der Waals surface area contributed by atoms with Crippen molar-refractivity contribution in [3.63, 3.8) is 0 Å². The molecule has 2 aliphatic rings. The summed E-state index contributed by atoms with van der Waals surface area (Å²) in [6.07, 6.45) is 3.10. The van der Waals surface area contributed by atoms with Gasteiger partial charge in [0.05, 0.1) is 31.1 Å². The zero-order valence-corrected chi connectivity index (χ0v) is 14.4. The molecule has 6 heteroatoms. The molecule has 1 aromatic carbocycles. The SMILES string of the molecule is CCC1(CCOC(=O)c2ccc(N3C(=O)C=C(C)C3=O)cc2)COC1. The van der Waals surface area contributed by atoms with Crippen LogP contribution in [0.3, 0.4) is 0 Å². The van der Waals surface area contributed by atoms with Gasteiger partial charge in [0.15, 0.2) is 0 Å². The van der Waals surface area contributed by atoms with Gasteiger partial charge in [-0.1, -0.05) is 6.92 Å². The maximum atomic E-state index is 12.1. The van der Waals surface area contributed by atoms with Crippen molar-refractivity contribution in [2.24, 2.45) is 5.41 Å². The summed E-state index contributed by atoms with van der Waals surface area (Å²) in [4.78, 5) is 37.0. The third kappa shape index (κ3) is 3.35. The van der Waals surface area contributed by atoms with Crippen LogP contribution in [0.25, 0.3) is 0 Å². The van der Waals surface area contributed by atoms with E-state index in [1.807, 2.05) is 0 Å². The number of anilines is 1. The molecule has 1 aromatic rings. The molecule has 2 heterocycles. The van der Waals surface area contributed by atoms with Gasteiger partial charge < -0.3 is 9.47 Å². The number of rotatable bonds is 6. The lowest BCUT2D eigenvalue weighted by atomic mass is 9.80. The molecule has 2 aliphatic heterocycles. The molecule has 0 N–H and O–H groups in total. The van der Waals surface area contributed by atoms with Crippen molar-refractivity contribution in [1.29, 1.82) is 0 Å². The van der Waals surface area contributed by atoms with Crippen molar-refractivity contribution < 1.29 is 23.9 Å². The Morgan fingerprint density at radius 2 is 1.92 bits per heavy atom. The highest BCUT2D eigenvalue weighted by Gasteiger charge is 2.36. The quantitative estimate of drug-likeness (QED) is 0.586. The largest absolute Gasteiger partial charge is 0.462 e. The van der Waals surface area contributed by atoms with Crippen molar-refractivity contribution in [1.82, 2.24) is 0 Å². The van der Waals surface area contributed by atoms with Crippen molar-refractivity contribution >= 4 is 23.5 Å². The molecular formula is C19H21NO5. The first-order valence-corrected chi connectivity index (χ1v) is 8.37. The Morgan fingerprint density at radius 3 is 2.40 bits per heavy atom. The van der Waals surface area contributed by atoms with E-state index in [1.165, 1.54) is 6.08 Å². The number of ether oxygens (including phenoxy) is 2. The Labute approximate surface area is 146 Å². The monoisotopic (exact) mass is 343 g/mol. The molecule has 0 radical (unpaired) electrons. The predicted molar refractivity (Wildman–Crippen MR) is 91.1 cm³/mol. The highest BCUT2D eigenvalue weighted by atomic mass is 16.5. The fourth-order valence-corrected chi connectivity index (χ4v) is 2.94. The maximum Gasteiger partial charge on any atom is 0.338 e. The summed E-state index contributed by atoms with van der Waals surface area (Å²) in [5.41, 5.74) is 1.38. The van der Waals surface area contributed by atoms with Gasteiger partial charge in [0.1, 0.15) is 0 Å². The summed E-state index contributed by atoms with van der Waals surface area (Å²) in [6.45, 7) is 5.51. The van der Waals surface area contributed by atoms with E-state index < -0.39 is 5.97 Å². The molecule has 0 atom stereocenters. The first-order valence-electron chi connectivity index (χ1n) is 8.37. The smallest absolute Gasteiger partial charge is 0.338 e. The van der Waals surface area contributed by atoms with Crippen LogP contribution in [-0.4, -0.2) is 37.6 Å². The van der Waals surface area contributed by atoms with Crippen LogP contribution in [0, 0.1) is 5.41 Å². The molecule has 1 saturated heterocycles. The van der Waals surface area contributed by atoms with Gasteiger partial charge in [0.25, 0.3) is 11.8 Å². The number of amides is 2. The van der Waals surface area contributed by atoms with E-state index >= 15 is 0 Å². The van der Waals surface area contributed by atoms with Crippen LogP contribution >= 0.6 is 0 Å². The Kier molecular flexibility index (Phi) is 4.72. The molecular weight excluding hydrogens is 322 g/mol. The van der Waals surface area contributed by atoms with Crippen LogP contribution in [0.1, 0.15) is 37.0 Å². The first kappa shape index (κ1) is 17.4. The number of carbonyl (C=O) groups excluding carboxylic acids is 3. The summed E-state index contributed by atoms with van der Waals surface area (Å²) in [5.74, 6) is -1.12. The number of hydrogen-bond donors (Lipinski definition) is 0. The minimum Gasteiger partial charge on any atom is -0.462 e. The normalized spacial score (nSPS) is 18.8. The van der Waals surface area contributed by atoms with E-state index in [4.69, 9.17) is 9.47 Å². The van der Waals surface area contributed by atoms with Crippen LogP contribution in [0.4, 0.5) is 5.69 Å². The lowest BCUT2D eigenvalue weighted by Crippen LogP contribution is -2.42. The van der Waals surface area contributed by atoms with Crippen molar-refractivity contribution in [2.75, 3.05) is 24.7 Å². The van der Waals surface area contributed by atoms with Crippen LogP contribution in [0.15, 0.2) is 35.9 Å². The summed E-state index contributed by atoms with van der Waals surface area (Å²) >= 11 is 0. The fourth-order valence-electron chi connectivity index (χ4n) is 2.94. The van der Waals surface area contributed by atoms with Crippen molar-refractivity contribution in [3.05, 3.63) is 41.5 Å². The van der Waals surface area contributed by atoms with Crippen LogP contribution in [0.5, 0.6) is 0 Å². The molecule has 0 unspecified atom stereocenters. The minimum atomic E-state index is -0.411. The zero-order valence-electron chi connectivity index (χ0n) is 14.4. The van der Waals surface area contributed by atoms with E-state index in [0.717, 1.165) is 31.0 Å². The summed E-state index contributed by atoms with van der Waals surface area (Å²) in [6, 6.07) is 6.28. The van der Waals surface area contributed by atoms with E-state index in [9.17, 15) is 14.4 Å². The maximum absolute atomic E-state index is 12.1. The molecule has 2 amide bonds. The molecule has 132 valence electrons. The Hall–Kier alpha value is -2.47. The first-order chi connectivity index (χ1) is 12.0. The number of esters is 1. The summed E-state index contributed by atoms with van der Waals surface area (Å²) in [5, 5.41) is 0. The van der Waals surface area contributed by atoms with Gasteiger partial charge in [-0.25, -0.2) is 9.69 Å². The zero-order chi connectivity index (χ0) is 18.0. The summed E-state index contributed by atoms with van der Waals surface area (Å²) < 4.78 is 10.6. The molecule has 0 aliphatic carbocycles. The standard InChI is InChI=1S/C19H21NO5/c1-3-19(11-24-12-19)8-9-25-18(23)14-4-6-15(7-5-14)20-16(21)10-13(2)17(20)22/h4-7,10H,3,8-9,11-12H2,1-2H3. The van der Waals surface area contributed by atoms with E-state index in [2.05, 4.69) is 6.92 Å². The van der Waals surface area contributed by atoms with Gasteiger partial charge in [-0.05, 0) is 44.0 Å². The Morgan fingerprint density at radius 1 is 1.24 bits per heavy atom. The second kappa shape index (κ2) is 6.80. The van der Waals surface area contributed by atoms with E-state index in [1.54, 1.807) is 31.2 Å². The Bertz CT molecular complexity index is 725. The van der Waals surface area contributed by atoms with Gasteiger partial charge in [0.2, 0.25) is 0 Å². The number of benzene rings is 1.